The van der Waals surface area contributed by atoms with Crippen LogP contribution >= 0.6 is 46.3 Å². The molecular formula is C30H20Cl2N4O4S2. The van der Waals surface area contributed by atoms with Gasteiger partial charge in [0.05, 0.1) is 21.2 Å². The molecule has 0 aliphatic heterocycles. The third-order valence-corrected chi connectivity index (χ3v) is 8.54. The van der Waals surface area contributed by atoms with E-state index >= 15 is 0 Å². The predicted octanol–water partition coefficient (Wildman–Crippen LogP) is 8.75. The number of anilines is 2. The van der Waals surface area contributed by atoms with Crippen molar-refractivity contribution in [1.82, 2.24) is 4.98 Å². The quantitative estimate of drug-likeness (QED) is 0.0951. The van der Waals surface area contributed by atoms with Gasteiger partial charge in [0.15, 0.2) is 5.13 Å². The lowest BCUT2D eigenvalue weighted by Gasteiger charge is -2.16. The number of benzene rings is 4. The van der Waals surface area contributed by atoms with Gasteiger partial charge in [-0.2, -0.15) is 0 Å². The molecule has 0 saturated heterocycles. The number of hydrogen-bond acceptors (Lipinski definition) is 7. The lowest BCUT2D eigenvalue weighted by atomic mass is 10.1. The number of thioether (sulfide) groups is 1. The van der Waals surface area contributed by atoms with Crippen LogP contribution < -0.4 is 10.6 Å². The Morgan fingerprint density at radius 1 is 0.905 bits per heavy atom. The van der Waals surface area contributed by atoms with Crippen LogP contribution in [-0.4, -0.2) is 21.7 Å². The second-order valence-electron chi connectivity index (χ2n) is 8.85. The Balaban J connectivity index is 1.30. The van der Waals surface area contributed by atoms with Gasteiger partial charge in [-0.1, -0.05) is 65.7 Å². The first kappa shape index (κ1) is 29.3. The fraction of sp³-hybridized carbons (Fsp3) is 0.0333. The molecule has 8 nitrogen and oxygen atoms in total. The average Bonchev–Trinajstić information content (AvgIpc) is 3.45. The van der Waals surface area contributed by atoms with Crippen LogP contribution in [0.4, 0.5) is 16.5 Å². The van der Waals surface area contributed by atoms with Gasteiger partial charge in [-0.15, -0.1) is 23.1 Å². The second kappa shape index (κ2) is 13.2. The summed E-state index contributed by atoms with van der Waals surface area (Å²) in [5.74, 6) is -0.646. The minimum Gasteiger partial charge on any atom is -0.322 e. The van der Waals surface area contributed by atoms with Crippen molar-refractivity contribution in [2.75, 3.05) is 10.6 Å². The number of nitrogens with one attached hydrogen (secondary N) is 2. The van der Waals surface area contributed by atoms with Crippen LogP contribution in [0.3, 0.4) is 0 Å². The molecule has 0 fully saturated rings. The van der Waals surface area contributed by atoms with Crippen LogP contribution in [0.5, 0.6) is 0 Å². The van der Waals surface area contributed by atoms with Crippen molar-refractivity contribution < 1.29 is 14.5 Å². The highest BCUT2D eigenvalue weighted by atomic mass is 35.5. The predicted molar refractivity (Wildman–Crippen MR) is 169 cm³/mol. The summed E-state index contributed by atoms with van der Waals surface area (Å²) in [4.78, 5) is 42.1. The topological polar surface area (TPSA) is 114 Å². The van der Waals surface area contributed by atoms with Crippen LogP contribution in [0.1, 0.15) is 21.2 Å². The molecule has 0 aliphatic carbocycles. The molecule has 5 aromatic rings. The zero-order valence-corrected chi connectivity index (χ0v) is 24.6. The number of thiazole rings is 1. The maximum absolute atomic E-state index is 13.5. The Morgan fingerprint density at radius 3 is 2.38 bits per heavy atom. The summed E-state index contributed by atoms with van der Waals surface area (Å²) >= 11 is 14.7. The molecule has 0 saturated carbocycles. The smallest absolute Gasteiger partial charge is 0.270 e. The molecule has 1 unspecified atom stereocenters. The molecule has 42 heavy (non-hydrogen) atoms. The van der Waals surface area contributed by atoms with E-state index in [0.717, 1.165) is 10.5 Å². The molecule has 1 aromatic heterocycles. The molecule has 0 spiro atoms. The van der Waals surface area contributed by atoms with Crippen molar-refractivity contribution in [2.45, 2.75) is 10.1 Å². The van der Waals surface area contributed by atoms with Gasteiger partial charge in [0.25, 0.3) is 11.6 Å². The molecule has 5 rings (SSSR count). The monoisotopic (exact) mass is 634 g/mol. The standard InChI is InChI=1S/C30H20Cl2N4O4S2/c31-20-9-14-24(25(32)16-20)28(37)33-21-10-12-23(13-11-21)42-27(18-5-2-1-3-6-18)29(38)35-30-34-26(17-41-30)19-7-4-8-22(15-19)36(39)40/h1-17,27H,(H,33,37)(H,34,35,38). The number of nitrogens with zero attached hydrogens (tertiary/aromatic N) is 2. The zero-order valence-electron chi connectivity index (χ0n) is 21.5. The van der Waals surface area contributed by atoms with Crippen LogP contribution in [0, 0.1) is 10.1 Å². The number of aromatic nitrogens is 1. The molecule has 210 valence electrons. The lowest BCUT2D eigenvalue weighted by Crippen LogP contribution is -2.19. The van der Waals surface area contributed by atoms with Gasteiger partial charge in [0.1, 0.15) is 5.25 Å². The fourth-order valence-electron chi connectivity index (χ4n) is 3.94. The van der Waals surface area contributed by atoms with Crippen LogP contribution in [-0.2, 0) is 4.79 Å². The van der Waals surface area contributed by atoms with E-state index in [1.165, 1.54) is 41.3 Å². The zero-order chi connectivity index (χ0) is 29.6. The molecule has 0 aliphatic rings. The normalized spacial score (nSPS) is 11.5. The molecule has 0 radical (unpaired) electrons. The van der Waals surface area contributed by atoms with Crippen LogP contribution in [0.25, 0.3) is 11.3 Å². The number of rotatable bonds is 9. The maximum Gasteiger partial charge on any atom is 0.270 e. The summed E-state index contributed by atoms with van der Waals surface area (Å²) in [5.41, 5.74) is 2.74. The number of carbonyl (C=O) groups is 2. The van der Waals surface area contributed by atoms with Crippen molar-refractivity contribution in [3.63, 3.8) is 0 Å². The van der Waals surface area contributed by atoms with E-state index < -0.39 is 10.2 Å². The summed E-state index contributed by atoms with van der Waals surface area (Å²) in [6.45, 7) is 0. The van der Waals surface area contributed by atoms with Gasteiger partial charge < -0.3 is 10.6 Å². The molecule has 1 atom stereocenters. The lowest BCUT2D eigenvalue weighted by molar-refractivity contribution is -0.384. The molecule has 4 aromatic carbocycles. The van der Waals surface area contributed by atoms with E-state index in [0.29, 0.717) is 32.7 Å². The van der Waals surface area contributed by atoms with Crippen molar-refractivity contribution in [1.29, 1.82) is 0 Å². The SMILES string of the molecule is O=C(Nc1ccc(SC(C(=O)Nc2nc(-c3cccc([N+](=O)[O-])c3)cs2)c2ccccc2)cc1)c1ccc(Cl)cc1Cl. The molecule has 2 N–H and O–H groups in total. The summed E-state index contributed by atoms with van der Waals surface area (Å²) in [7, 11) is 0. The number of nitro groups is 1. The van der Waals surface area contributed by atoms with Crippen molar-refractivity contribution in [2.24, 2.45) is 0 Å². The molecule has 1 heterocycles. The number of carbonyl (C=O) groups excluding carboxylic acids is 2. The van der Waals surface area contributed by atoms with Gasteiger partial charge in [0, 0.05) is 38.7 Å². The van der Waals surface area contributed by atoms with E-state index in [-0.39, 0.29) is 22.5 Å². The maximum atomic E-state index is 13.5. The summed E-state index contributed by atoms with van der Waals surface area (Å²) < 4.78 is 0. The van der Waals surface area contributed by atoms with Crippen LogP contribution in [0.2, 0.25) is 10.0 Å². The highest BCUT2D eigenvalue weighted by Crippen LogP contribution is 2.37. The number of nitro benzene ring substituents is 1. The Bertz CT molecular complexity index is 1770. The summed E-state index contributed by atoms with van der Waals surface area (Å²) in [6, 6.07) is 27.3. The van der Waals surface area contributed by atoms with E-state index in [1.54, 1.807) is 41.8 Å². The Kier molecular flexibility index (Phi) is 9.19. The van der Waals surface area contributed by atoms with Crippen molar-refractivity contribution in [3.05, 3.63) is 134 Å². The highest BCUT2D eigenvalue weighted by Gasteiger charge is 2.23. The number of amides is 2. The van der Waals surface area contributed by atoms with E-state index in [9.17, 15) is 19.7 Å². The van der Waals surface area contributed by atoms with Gasteiger partial charge in [0.2, 0.25) is 5.91 Å². The first-order valence-electron chi connectivity index (χ1n) is 12.4. The van der Waals surface area contributed by atoms with Gasteiger partial charge in [-0.25, -0.2) is 4.98 Å². The van der Waals surface area contributed by atoms with Gasteiger partial charge >= 0.3 is 0 Å². The number of non-ortho nitro benzene ring substituents is 1. The van der Waals surface area contributed by atoms with E-state index in [1.807, 2.05) is 42.5 Å². The van der Waals surface area contributed by atoms with E-state index in [4.69, 9.17) is 23.2 Å². The summed E-state index contributed by atoms with van der Waals surface area (Å²) in [5, 5.41) is 19.0. The third-order valence-electron chi connectivity index (χ3n) is 5.97. The molecule has 0 bridgehead atoms. The Morgan fingerprint density at radius 2 is 1.67 bits per heavy atom. The number of hydrogen-bond donors (Lipinski definition) is 2. The van der Waals surface area contributed by atoms with Gasteiger partial charge in [-0.3, -0.25) is 19.7 Å². The van der Waals surface area contributed by atoms with Crippen molar-refractivity contribution >= 4 is 74.6 Å². The summed E-state index contributed by atoms with van der Waals surface area (Å²) in [6.07, 6.45) is 0. The van der Waals surface area contributed by atoms with Crippen molar-refractivity contribution in [3.8, 4) is 11.3 Å². The fourth-order valence-corrected chi connectivity index (χ4v) is 6.18. The largest absolute Gasteiger partial charge is 0.322 e. The minimum absolute atomic E-state index is 0.0361. The molecule has 2 amide bonds. The number of halogens is 2. The first-order chi connectivity index (χ1) is 20.3. The van der Waals surface area contributed by atoms with Crippen LogP contribution in [0.15, 0.2) is 107 Å². The first-order valence-corrected chi connectivity index (χ1v) is 14.9. The van der Waals surface area contributed by atoms with Gasteiger partial charge in [-0.05, 0) is 48.0 Å². The third kappa shape index (κ3) is 7.15. The Labute approximate surface area is 258 Å². The highest BCUT2D eigenvalue weighted by molar-refractivity contribution is 8.00. The molecule has 12 heteroatoms. The van der Waals surface area contributed by atoms with E-state index in [2.05, 4.69) is 15.6 Å². The molecular weight excluding hydrogens is 615 g/mol. The average molecular weight is 636 g/mol. The second-order valence-corrected chi connectivity index (χ2v) is 11.7. The minimum atomic E-state index is -0.607. The Hall–Kier alpha value is -4.22.